The summed E-state index contributed by atoms with van der Waals surface area (Å²) in [5.74, 6) is -0.00736. The maximum absolute atomic E-state index is 10.8. The zero-order valence-corrected chi connectivity index (χ0v) is 7.16. The van der Waals surface area contributed by atoms with Crippen LogP contribution in [-0.4, -0.2) is 5.97 Å². The maximum Gasteiger partial charge on any atom is 0.335 e. The van der Waals surface area contributed by atoms with E-state index < -0.39 is 5.97 Å². The highest BCUT2D eigenvalue weighted by Gasteiger charge is 2.13. The average molecular weight is 176 g/mol. The summed E-state index contributed by atoms with van der Waals surface area (Å²) in [6, 6.07) is 3.53. The third-order valence-electron chi connectivity index (χ3n) is 1.84. The van der Waals surface area contributed by atoms with Crippen LogP contribution in [0.4, 0.5) is 0 Å². The van der Waals surface area contributed by atoms with Crippen LogP contribution in [-0.2, 0) is 4.79 Å². The summed E-state index contributed by atoms with van der Waals surface area (Å²) in [7, 11) is 0. The molecule has 3 nitrogen and oxygen atoms in total. The van der Waals surface area contributed by atoms with Crippen molar-refractivity contribution in [1.29, 1.82) is 0 Å². The lowest BCUT2D eigenvalue weighted by Gasteiger charge is -1.96. The number of hydrogen-bond donors (Lipinski definition) is 0. The van der Waals surface area contributed by atoms with Crippen molar-refractivity contribution in [3.63, 3.8) is 0 Å². The summed E-state index contributed by atoms with van der Waals surface area (Å²) in [4.78, 5) is 10.8. The maximum atomic E-state index is 10.8. The molecule has 0 aliphatic rings. The van der Waals surface area contributed by atoms with Crippen LogP contribution in [0.15, 0.2) is 29.2 Å². The van der Waals surface area contributed by atoms with Gasteiger partial charge >= 0.3 is 5.97 Å². The molecule has 0 aliphatic carbocycles. The molecule has 0 atom stereocenters. The normalized spacial score (nSPS) is 10.5. The standard InChI is InChI=1S/C10H8O3/c1-3-10(11)13-9-5-7-6(2)4-8(9)12-7/h3-5H,1H2,2H3. The molecule has 0 saturated heterocycles. The molecule has 0 saturated carbocycles. The Hall–Kier alpha value is -1.77. The van der Waals surface area contributed by atoms with Crippen molar-refractivity contribution >= 4 is 17.1 Å². The highest BCUT2D eigenvalue weighted by Crippen LogP contribution is 2.32. The number of furan rings is 2. The van der Waals surface area contributed by atoms with Gasteiger partial charge in [0, 0.05) is 12.1 Å². The van der Waals surface area contributed by atoms with Gasteiger partial charge in [-0.2, -0.15) is 0 Å². The smallest absolute Gasteiger partial charge is 0.335 e. The molecule has 0 aromatic carbocycles. The molecule has 0 amide bonds. The number of ether oxygens (including phenoxy) is 1. The predicted octanol–water partition coefficient (Wildman–Crippen LogP) is 2.27. The van der Waals surface area contributed by atoms with Gasteiger partial charge in [-0.3, -0.25) is 0 Å². The van der Waals surface area contributed by atoms with Crippen molar-refractivity contribution in [2.45, 2.75) is 6.92 Å². The highest BCUT2D eigenvalue weighted by molar-refractivity contribution is 5.86. The molecule has 3 heteroatoms. The van der Waals surface area contributed by atoms with Crippen molar-refractivity contribution in [1.82, 2.24) is 0 Å². The molecule has 0 fully saturated rings. The Morgan fingerprint density at radius 1 is 1.54 bits per heavy atom. The summed E-state index contributed by atoms with van der Waals surface area (Å²) in [6.07, 6.45) is 1.12. The van der Waals surface area contributed by atoms with Gasteiger partial charge in [0.15, 0.2) is 11.3 Å². The molecule has 2 heterocycles. The molecule has 0 N–H and O–H groups in total. The molecular formula is C10H8O3. The lowest BCUT2D eigenvalue weighted by molar-refractivity contribution is -0.128. The average Bonchev–Trinajstić information content (AvgIpc) is 2.63. The molecule has 66 valence electrons. The fourth-order valence-corrected chi connectivity index (χ4v) is 1.18. The van der Waals surface area contributed by atoms with Crippen molar-refractivity contribution < 1.29 is 13.9 Å². The van der Waals surface area contributed by atoms with E-state index in [2.05, 4.69) is 6.58 Å². The topological polar surface area (TPSA) is 39.4 Å². The van der Waals surface area contributed by atoms with Gasteiger partial charge in [0.05, 0.1) is 0 Å². The Bertz CT molecular complexity index is 453. The molecule has 13 heavy (non-hydrogen) atoms. The first-order valence-electron chi connectivity index (χ1n) is 3.87. The van der Waals surface area contributed by atoms with E-state index in [0.29, 0.717) is 11.3 Å². The monoisotopic (exact) mass is 176 g/mol. The van der Waals surface area contributed by atoms with E-state index in [4.69, 9.17) is 9.15 Å². The second kappa shape index (κ2) is 2.62. The van der Waals surface area contributed by atoms with Crippen LogP contribution in [0.25, 0.3) is 11.2 Å². The van der Waals surface area contributed by atoms with Crippen LogP contribution in [0, 0.1) is 6.92 Å². The van der Waals surface area contributed by atoms with Crippen LogP contribution in [0.1, 0.15) is 5.56 Å². The van der Waals surface area contributed by atoms with Crippen LogP contribution >= 0.6 is 0 Å². The zero-order chi connectivity index (χ0) is 9.42. The number of carbonyl (C=O) groups is 1. The molecular weight excluding hydrogens is 168 g/mol. The molecule has 2 aromatic heterocycles. The summed E-state index contributed by atoms with van der Waals surface area (Å²) < 4.78 is 10.2. The first-order valence-corrected chi connectivity index (χ1v) is 3.87. The molecule has 0 unspecified atom stereocenters. The number of benzene rings is 1. The molecule has 0 aliphatic heterocycles. The molecule has 0 spiro atoms. The lowest BCUT2D eigenvalue weighted by Crippen LogP contribution is -2.02. The number of aryl methyl sites for hydroxylation is 1. The van der Waals surface area contributed by atoms with E-state index in [0.717, 1.165) is 17.2 Å². The van der Waals surface area contributed by atoms with Crippen LogP contribution in [0.2, 0.25) is 0 Å². The first-order chi connectivity index (χ1) is 6.20. The largest absolute Gasteiger partial charge is 0.453 e. The Kier molecular flexibility index (Phi) is 1.59. The minimum Gasteiger partial charge on any atom is -0.453 e. The van der Waals surface area contributed by atoms with E-state index in [1.807, 2.05) is 13.0 Å². The summed E-state index contributed by atoms with van der Waals surface area (Å²) in [6.45, 7) is 5.24. The summed E-state index contributed by atoms with van der Waals surface area (Å²) in [5, 5.41) is 0. The predicted molar refractivity (Wildman–Crippen MR) is 48.0 cm³/mol. The third kappa shape index (κ3) is 1.18. The number of rotatable bonds is 2. The quantitative estimate of drug-likeness (QED) is 0.400. The Morgan fingerprint density at radius 2 is 2.31 bits per heavy atom. The van der Waals surface area contributed by atoms with Gasteiger partial charge in [-0.05, 0) is 18.6 Å². The van der Waals surface area contributed by atoms with Crippen LogP contribution in [0.5, 0.6) is 5.75 Å². The van der Waals surface area contributed by atoms with E-state index in [9.17, 15) is 4.79 Å². The molecule has 2 rings (SSSR count). The van der Waals surface area contributed by atoms with Crippen LogP contribution in [0.3, 0.4) is 0 Å². The summed E-state index contributed by atoms with van der Waals surface area (Å²) >= 11 is 0. The third-order valence-corrected chi connectivity index (χ3v) is 1.84. The highest BCUT2D eigenvalue weighted by atomic mass is 16.5. The van der Waals surface area contributed by atoms with E-state index in [1.165, 1.54) is 0 Å². The van der Waals surface area contributed by atoms with Gasteiger partial charge in [0.2, 0.25) is 0 Å². The van der Waals surface area contributed by atoms with Crippen LogP contribution < -0.4 is 4.74 Å². The Balaban J connectivity index is 2.33. The fraction of sp³-hybridized carbons (Fsp3) is 0.100. The van der Waals surface area contributed by atoms with Gasteiger partial charge < -0.3 is 9.15 Å². The Labute approximate surface area is 74.9 Å². The van der Waals surface area contributed by atoms with E-state index in [-0.39, 0.29) is 0 Å². The van der Waals surface area contributed by atoms with Crippen molar-refractivity contribution in [2.75, 3.05) is 0 Å². The van der Waals surface area contributed by atoms with Crippen molar-refractivity contribution in [2.24, 2.45) is 0 Å². The van der Waals surface area contributed by atoms with E-state index >= 15 is 0 Å². The molecule has 0 radical (unpaired) electrons. The van der Waals surface area contributed by atoms with Gasteiger partial charge in [-0.15, -0.1) is 0 Å². The van der Waals surface area contributed by atoms with E-state index in [1.54, 1.807) is 6.07 Å². The molecule has 2 aromatic rings. The number of carbonyl (C=O) groups excluding carboxylic acids is 1. The first kappa shape index (κ1) is 7.86. The number of esters is 1. The van der Waals surface area contributed by atoms with Crippen molar-refractivity contribution in [3.05, 3.63) is 30.4 Å². The second-order valence-electron chi connectivity index (χ2n) is 2.79. The van der Waals surface area contributed by atoms with Gasteiger partial charge in [0.1, 0.15) is 5.58 Å². The number of fused-ring (bicyclic) bond motifs is 2. The number of hydrogen-bond acceptors (Lipinski definition) is 3. The summed E-state index contributed by atoms with van der Waals surface area (Å²) in [5.41, 5.74) is 2.40. The fourth-order valence-electron chi connectivity index (χ4n) is 1.18. The Morgan fingerprint density at radius 3 is 2.77 bits per heavy atom. The zero-order valence-electron chi connectivity index (χ0n) is 7.16. The minimum atomic E-state index is -0.471. The molecule has 2 bridgehead atoms. The SMILES string of the molecule is C=CC(=O)Oc1cc2oc1cc2C. The van der Waals surface area contributed by atoms with Gasteiger partial charge in [0.25, 0.3) is 0 Å². The van der Waals surface area contributed by atoms with Gasteiger partial charge in [-0.1, -0.05) is 6.58 Å². The minimum absolute atomic E-state index is 0.463. The van der Waals surface area contributed by atoms with Crippen molar-refractivity contribution in [3.8, 4) is 5.75 Å². The van der Waals surface area contributed by atoms with Gasteiger partial charge in [-0.25, -0.2) is 4.79 Å². The second-order valence-corrected chi connectivity index (χ2v) is 2.79. The lowest BCUT2D eigenvalue weighted by atomic mass is 10.2.